The Morgan fingerprint density at radius 3 is 0.645 bits per heavy atom. The third kappa shape index (κ3) is 8.00. The molecule has 62 heavy (non-hydrogen) atoms. The summed E-state index contributed by atoms with van der Waals surface area (Å²) in [4.78, 5) is 0. The fraction of sp³-hybridized carbons (Fsp3) is 1.00. The molecule has 5 nitrogen and oxygen atoms in total. The highest BCUT2D eigenvalue weighted by molar-refractivity contribution is 7.87. The van der Waals surface area contributed by atoms with E-state index in [1.807, 2.05) is 0 Å². The van der Waals surface area contributed by atoms with Gasteiger partial charge in [0, 0.05) is 0 Å². The van der Waals surface area contributed by atoms with Crippen LogP contribution in [0.15, 0.2) is 0 Å². The maximum Gasteiger partial charge on any atom is 0.460 e. The van der Waals surface area contributed by atoms with Gasteiger partial charge < -0.3 is 0 Å². The van der Waals surface area contributed by atoms with Crippen molar-refractivity contribution < 1.29 is 189 Å². The molecule has 0 aromatic carbocycles. The summed E-state index contributed by atoms with van der Waals surface area (Å²) >= 11 is 0. The average molecular weight is 1050 g/mol. The van der Waals surface area contributed by atoms with E-state index in [0.29, 0.717) is 9.47 Å². The zero-order valence-corrected chi connectivity index (χ0v) is 26.6. The zero-order chi connectivity index (χ0) is 51.6. The molecule has 0 aromatic heterocycles. The molecule has 0 rings (SSSR count). The van der Waals surface area contributed by atoms with Crippen LogP contribution in [0.5, 0.6) is 0 Å². The number of rotatable bonds is 19. The molecule has 0 N–H and O–H groups in total. The van der Waals surface area contributed by atoms with E-state index in [-0.39, 0.29) is 0 Å². The van der Waals surface area contributed by atoms with Gasteiger partial charge in [-0.05, 0) is 0 Å². The summed E-state index contributed by atoms with van der Waals surface area (Å²) in [6.45, 7) is 0. The smallest absolute Gasteiger partial charge is 0.243 e. The van der Waals surface area contributed by atoms with Crippen molar-refractivity contribution in [3.8, 4) is 0 Å². The van der Waals surface area contributed by atoms with Crippen LogP contribution >= 0.6 is 0 Å². The quantitative estimate of drug-likeness (QED) is 0.0953. The predicted molar refractivity (Wildman–Crippen MR) is 103 cm³/mol. The van der Waals surface area contributed by atoms with Crippen LogP contribution in [-0.4, -0.2) is 116 Å². The van der Waals surface area contributed by atoms with Gasteiger partial charge in [-0.15, -0.1) is 0 Å². The normalized spacial score (nSPS) is 17.2. The third-order valence-corrected chi connectivity index (χ3v) is 7.63. The van der Waals surface area contributed by atoms with Crippen molar-refractivity contribution in [1.82, 2.24) is 0 Å². The molecule has 0 aromatic rings. The van der Waals surface area contributed by atoms with Crippen molar-refractivity contribution in [2.24, 2.45) is 0 Å². The van der Waals surface area contributed by atoms with E-state index in [1.165, 1.54) is 0 Å². The fourth-order valence-electron chi connectivity index (χ4n) is 2.84. The van der Waals surface area contributed by atoms with Crippen molar-refractivity contribution in [3.05, 3.63) is 0 Å². The first-order valence-corrected chi connectivity index (χ1v) is 13.8. The summed E-state index contributed by atoms with van der Waals surface area (Å²) in [6.07, 6.45) is -62.3. The Labute approximate surface area is 307 Å². The molecule has 374 valence electrons. The van der Waals surface area contributed by atoms with Crippen LogP contribution in [0, 0.1) is 0 Å². The van der Waals surface area contributed by atoms with E-state index >= 15 is 0 Å². The van der Waals surface area contributed by atoms with E-state index in [1.54, 1.807) is 0 Å². The predicted octanol–water partition coefficient (Wildman–Crippen LogP) is 11.4. The summed E-state index contributed by atoms with van der Waals surface area (Å²) in [6, 6.07) is 0. The molecule has 0 amide bonds. The van der Waals surface area contributed by atoms with Crippen LogP contribution in [-0.2, 0) is 23.8 Å². The Hall–Kier alpha value is -2.83. The first kappa shape index (κ1) is 59.2. The van der Waals surface area contributed by atoms with Crippen molar-refractivity contribution in [1.29, 1.82) is 0 Å². The molecule has 0 fully saturated rings. The van der Waals surface area contributed by atoms with Gasteiger partial charge in [-0.25, -0.2) is 9.47 Å². The molecule has 0 radical (unpaired) electrons. The lowest BCUT2D eigenvalue weighted by Crippen LogP contribution is -2.73. The minimum atomic E-state index is -9.88. The van der Waals surface area contributed by atoms with Gasteiger partial charge >= 0.3 is 117 Å². The first-order valence-electron chi connectivity index (χ1n) is 12.4. The molecule has 0 saturated carbocycles. The van der Waals surface area contributed by atoms with Crippen LogP contribution < -0.4 is 0 Å². The molecule has 0 aliphatic carbocycles. The second kappa shape index (κ2) is 14.6. The second-order valence-corrected chi connectivity index (χ2v) is 12.2. The van der Waals surface area contributed by atoms with Gasteiger partial charge in [-0.2, -0.15) is 179 Å². The van der Waals surface area contributed by atoms with Crippen molar-refractivity contribution >= 4 is 10.1 Å². The number of ether oxygens (including phenoxy) is 2. The Morgan fingerprint density at radius 2 is 0.419 bits per heavy atom. The topological polar surface area (TPSA) is 61.8 Å². The van der Waals surface area contributed by atoms with E-state index < -0.39 is 117 Å². The van der Waals surface area contributed by atoms with Crippen LogP contribution in [0.3, 0.4) is 0 Å². The van der Waals surface area contributed by atoms with Crippen LogP contribution in [0.4, 0.5) is 167 Å². The van der Waals surface area contributed by atoms with E-state index in [2.05, 4.69) is 0 Å². The Balaban J connectivity index is 7.23. The highest BCUT2D eigenvalue weighted by atomic mass is 32.2. The highest BCUT2D eigenvalue weighted by Gasteiger charge is 2.95. The summed E-state index contributed by atoms with van der Waals surface area (Å²) in [5.74, 6) is -93.3. The Kier molecular flexibility index (Phi) is 13.9. The monoisotopic (exact) mass is 1050 g/mol. The van der Waals surface area contributed by atoms with Crippen molar-refractivity contribution in [3.63, 3.8) is 0 Å². The van der Waals surface area contributed by atoms with Gasteiger partial charge in [0.1, 0.15) is 0 Å². The molecule has 0 bridgehead atoms. The summed E-state index contributed by atoms with van der Waals surface area (Å²) in [5, 5.41) is -8.92. The molecular weight excluding hydrogens is 1050 g/mol. The third-order valence-electron chi connectivity index (χ3n) is 6.31. The molecule has 0 saturated heterocycles. The minimum absolute atomic E-state index is 0.575. The highest BCUT2D eigenvalue weighted by Crippen LogP contribution is 2.65. The lowest BCUT2D eigenvalue weighted by Gasteiger charge is -2.42. The van der Waals surface area contributed by atoms with Crippen molar-refractivity contribution in [2.75, 3.05) is 0 Å². The molecule has 0 heterocycles. The Morgan fingerprint density at radius 1 is 0.226 bits per heavy atom. The molecule has 0 atom stereocenters. The molecular formula is C18F38O5S. The first-order chi connectivity index (χ1) is 25.9. The SMILES string of the molecule is O=S(=O)(OC(F)(F)C(F)(F)C(F)(F)C(F)(F)C(F)(F)C(F)(F)OC(F)(F)C(F)(F)OC(F)(F)C(F)(F)C(F)(F)C(F)(F)C(F)(F)C(F)(F)F)C(F)(F)C(F)(F)C(F)(F)C(F)(F)F. The standard InChI is InChI=1S/C18F38O5S/c19-1(20,5(27,28)11(39,40)41)2(21,22)7(31,32)13(45,46)59-16(51,52)17(53,54)60-14(47,48)8(33,34)3(23,24)4(25,26)9(35,36)15(49,50)61-62(57,58)18(55,56)10(37,38)6(29,30)12(42,43)44. The number of hydrogen-bond acceptors (Lipinski definition) is 5. The van der Waals surface area contributed by atoms with Crippen LogP contribution in [0.25, 0.3) is 0 Å². The van der Waals surface area contributed by atoms with E-state index in [4.69, 9.17) is 0 Å². The van der Waals surface area contributed by atoms with Gasteiger partial charge in [0.15, 0.2) is 0 Å². The largest absolute Gasteiger partial charge is 0.460 e. The molecule has 0 unspecified atom stereocenters. The summed E-state index contributed by atoms with van der Waals surface area (Å²) < 4.78 is 526. The summed E-state index contributed by atoms with van der Waals surface area (Å²) in [5.41, 5.74) is 0. The van der Waals surface area contributed by atoms with Gasteiger partial charge in [0.2, 0.25) is 0 Å². The van der Waals surface area contributed by atoms with Gasteiger partial charge in [-0.3, -0.25) is 0 Å². The minimum Gasteiger partial charge on any atom is -0.243 e. The maximum absolute atomic E-state index is 13.8. The van der Waals surface area contributed by atoms with E-state index in [9.17, 15) is 175 Å². The van der Waals surface area contributed by atoms with Crippen molar-refractivity contribution in [2.45, 2.75) is 107 Å². The Bertz CT molecular complexity index is 1730. The summed E-state index contributed by atoms with van der Waals surface area (Å²) in [7, 11) is -9.79. The number of halogens is 38. The lowest BCUT2D eigenvalue weighted by molar-refractivity contribution is -0.560. The number of alkyl halides is 38. The van der Waals surface area contributed by atoms with Gasteiger partial charge in [-0.1, -0.05) is 0 Å². The van der Waals surface area contributed by atoms with Gasteiger partial charge in [0.25, 0.3) is 0 Å². The molecule has 0 aliphatic heterocycles. The van der Waals surface area contributed by atoms with Crippen LogP contribution in [0.2, 0.25) is 0 Å². The molecule has 44 heteroatoms. The maximum atomic E-state index is 13.8. The molecule has 0 spiro atoms. The zero-order valence-electron chi connectivity index (χ0n) is 25.8. The van der Waals surface area contributed by atoms with Gasteiger partial charge in [0.05, 0.1) is 0 Å². The molecule has 0 aliphatic rings. The average Bonchev–Trinajstić information content (AvgIpc) is 2.97. The number of hydrogen-bond donors (Lipinski definition) is 0. The lowest BCUT2D eigenvalue weighted by atomic mass is 9.97. The van der Waals surface area contributed by atoms with Crippen LogP contribution in [0.1, 0.15) is 0 Å². The second-order valence-electron chi connectivity index (χ2n) is 10.6. The fourth-order valence-corrected chi connectivity index (χ4v) is 3.77. The van der Waals surface area contributed by atoms with E-state index in [0.717, 1.165) is 4.18 Å².